The smallest absolute Gasteiger partial charge is 0.327 e. The highest BCUT2D eigenvalue weighted by atomic mass is 16.5. The number of nitrogens with one attached hydrogen (secondary N) is 3. The van der Waals surface area contributed by atoms with E-state index in [9.17, 15) is 14.4 Å². The predicted octanol–water partition coefficient (Wildman–Crippen LogP) is 0.345. The van der Waals surface area contributed by atoms with Crippen LogP contribution in [0.3, 0.4) is 0 Å². The molecule has 8 nitrogen and oxygen atoms in total. The molecular weight excluding hydrogens is 324 g/mol. The summed E-state index contributed by atoms with van der Waals surface area (Å²) in [6.45, 7) is 0.341. The number of nitrogens with zero attached hydrogens (tertiary/aromatic N) is 1. The van der Waals surface area contributed by atoms with E-state index in [2.05, 4.69) is 20.3 Å². The lowest BCUT2D eigenvalue weighted by Crippen LogP contribution is -2.34. The SMILES string of the molecule is O=C(NC[C@@H]1Cc2ccccc2O1)c1cnc2[nH]c(=O)[nH]c(=O)c2c1. The van der Waals surface area contributed by atoms with Gasteiger partial charge in [0.25, 0.3) is 11.5 Å². The third-order valence-electron chi connectivity index (χ3n) is 4.06. The summed E-state index contributed by atoms with van der Waals surface area (Å²) in [5.41, 5.74) is 0.265. The molecule has 126 valence electrons. The van der Waals surface area contributed by atoms with E-state index < -0.39 is 11.2 Å². The average molecular weight is 338 g/mol. The number of pyridine rings is 1. The van der Waals surface area contributed by atoms with E-state index in [-0.39, 0.29) is 28.6 Å². The number of benzene rings is 1. The molecule has 8 heteroatoms. The van der Waals surface area contributed by atoms with E-state index in [0.717, 1.165) is 17.7 Å². The van der Waals surface area contributed by atoms with Gasteiger partial charge in [-0.25, -0.2) is 9.78 Å². The molecule has 1 aromatic carbocycles. The van der Waals surface area contributed by atoms with Crippen molar-refractivity contribution >= 4 is 16.9 Å². The van der Waals surface area contributed by atoms with Gasteiger partial charge in [-0.1, -0.05) is 18.2 Å². The van der Waals surface area contributed by atoms with Gasteiger partial charge in [-0.05, 0) is 17.7 Å². The summed E-state index contributed by atoms with van der Waals surface area (Å²) in [4.78, 5) is 43.8. The van der Waals surface area contributed by atoms with Crippen molar-refractivity contribution in [1.29, 1.82) is 0 Å². The molecule has 0 saturated heterocycles. The molecule has 0 bridgehead atoms. The molecule has 0 spiro atoms. The molecular formula is C17H14N4O4. The maximum Gasteiger partial charge on any atom is 0.327 e. The first-order valence-corrected chi connectivity index (χ1v) is 7.75. The second kappa shape index (κ2) is 5.90. The molecule has 2 aromatic heterocycles. The Morgan fingerprint density at radius 2 is 2.12 bits per heavy atom. The number of carbonyl (C=O) groups excluding carboxylic acids is 1. The summed E-state index contributed by atoms with van der Waals surface area (Å²) >= 11 is 0. The van der Waals surface area contributed by atoms with Crippen molar-refractivity contribution in [1.82, 2.24) is 20.3 Å². The van der Waals surface area contributed by atoms with Crippen LogP contribution >= 0.6 is 0 Å². The van der Waals surface area contributed by atoms with E-state index >= 15 is 0 Å². The highest BCUT2D eigenvalue weighted by Crippen LogP contribution is 2.27. The van der Waals surface area contributed by atoms with E-state index in [1.807, 2.05) is 24.3 Å². The minimum absolute atomic E-state index is 0.130. The molecule has 3 N–H and O–H groups in total. The van der Waals surface area contributed by atoms with Gasteiger partial charge in [0, 0.05) is 12.6 Å². The van der Waals surface area contributed by atoms with Crippen LogP contribution in [0.15, 0.2) is 46.1 Å². The fourth-order valence-corrected chi connectivity index (χ4v) is 2.85. The molecule has 3 aromatic rings. The molecule has 1 aliphatic rings. The van der Waals surface area contributed by atoms with Crippen LogP contribution < -0.4 is 21.3 Å². The number of amides is 1. The highest BCUT2D eigenvalue weighted by molar-refractivity contribution is 5.96. The van der Waals surface area contributed by atoms with Crippen LogP contribution in [0.1, 0.15) is 15.9 Å². The predicted molar refractivity (Wildman–Crippen MR) is 89.9 cm³/mol. The van der Waals surface area contributed by atoms with Gasteiger partial charge in [0.1, 0.15) is 17.5 Å². The topological polar surface area (TPSA) is 117 Å². The summed E-state index contributed by atoms with van der Waals surface area (Å²) in [5.74, 6) is 0.476. The number of aromatic nitrogens is 3. The van der Waals surface area contributed by atoms with Crippen molar-refractivity contribution in [2.75, 3.05) is 6.54 Å². The largest absolute Gasteiger partial charge is 0.488 e. The summed E-state index contributed by atoms with van der Waals surface area (Å²) in [6, 6.07) is 9.15. The number of rotatable bonds is 3. The van der Waals surface area contributed by atoms with Crippen LogP contribution in [0.2, 0.25) is 0 Å². The van der Waals surface area contributed by atoms with E-state index in [1.54, 1.807) is 0 Å². The van der Waals surface area contributed by atoms with Gasteiger partial charge in [0.2, 0.25) is 0 Å². The number of aromatic amines is 2. The Morgan fingerprint density at radius 1 is 1.28 bits per heavy atom. The monoisotopic (exact) mass is 338 g/mol. The summed E-state index contributed by atoms with van der Waals surface area (Å²) in [7, 11) is 0. The quantitative estimate of drug-likeness (QED) is 0.637. The Morgan fingerprint density at radius 3 is 2.96 bits per heavy atom. The fraction of sp³-hybridized carbons (Fsp3) is 0.176. The van der Waals surface area contributed by atoms with Crippen LogP contribution in [0.25, 0.3) is 11.0 Å². The first-order valence-electron chi connectivity index (χ1n) is 7.75. The zero-order valence-corrected chi connectivity index (χ0v) is 13.0. The van der Waals surface area contributed by atoms with Gasteiger partial charge in [-0.2, -0.15) is 0 Å². The van der Waals surface area contributed by atoms with Crippen molar-refractivity contribution in [3.05, 3.63) is 68.5 Å². The molecule has 0 unspecified atom stereocenters. The van der Waals surface area contributed by atoms with E-state index in [4.69, 9.17) is 4.74 Å². The van der Waals surface area contributed by atoms with Crippen molar-refractivity contribution in [2.24, 2.45) is 0 Å². The fourth-order valence-electron chi connectivity index (χ4n) is 2.85. The molecule has 1 aliphatic heterocycles. The molecule has 3 heterocycles. The van der Waals surface area contributed by atoms with Crippen LogP contribution in [0.4, 0.5) is 0 Å². The standard InChI is InChI=1S/C17H14N4O4/c22-15(19-8-11-5-9-3-1-2-4-13(9)25-11)10-6-12-14(18-7-10)20-17(24)21-16(12)23/h1-4,6-7,11H,5,8H2,(H,19,22)(H2,18,20,21,23,24)/t11-/m0/s1. The number of hydrogen-bond donors (Lipinski definition) is 3. The number of H-pyrrole nitrogens is 2. The molecule has 25 heavy (non-hydrogen) atoms. The first kappa shape index (κ1) is 15.1. The van der Waals surface area contributed by atoms with Gasteiger partial charge in [0.05, 0.1) is 17.5 Å². The van der Waals surface area contributed by atoms with Crippen molar-refractivity contribution in [2.45, 2.75) is 12.5 Å². The number of hydrogen-bond acceptors (Lipinski definition) is 5. The second-order valence-electron chi connectivity index (χ2n) is 5.79. The Labute approximate surface area is 140 Å². The third kappa shape index (κ3) is 2.89. The zero-order valence-electron chi connectivity index (χ0n) is 13.0. The van der Waals surface area contributed by atoms with Crippen molar-refractivity contribution < 1.29 is 9.53 Å². The number of carbonyl (C=O) groups is 1. The van der Waals surface area contributed by atoms with E-state index in [1.165, 1.54) is 12.3 Å². The number of para-hydroxylation sites is 1. The third-order valence-corrected chi connectivity index (χ3v) is 4.06. The van der Waals surface area contributed by atoms with Crippen LogP contribution in [-0.4, -0.2) is 33.5 Å². The normalized spacial score (nSPS) is 15.6. The summed E-state index contributed by atoms with van der Waals surface area (Å²) in [5, 5.41) is 2.93. The Bertz CT molecular complexity index is 1060. The molecule has 0 saturated carbocycles. The molecule has 1 amide bonds. The van der Waals surface area contributed by atoms with Crippen molar-refractivity contribution in [3.63, 3.8) is 0 Å². The Balaban J connectivity index is 1.48. The van der Waals surface area contributed by atoms with E-state index in [0.29, 0.717) is 6.54 Å². The maximum absolute atomic E-state index is 12.3. The second-order valence-corrected chi connectivity index (χ2v) is 5.79. The van der Waals surface area contributed by atoms with Crippen LogP contribution in [0.5, 0.6) is 5.75 Å². The first-order chi connectivity index (χ1) is 12.1. The lowest BCUT2D eigenvalue weighted by molar-refractivity contribution is 0.0933. The van der Waals surface area contributed by atoms with Gasteiger partial charge < -0.3 is 10.1 Å². The number of fused-ring (bicyclic) bond motifs is 2. The van der Waals surface area contributed by atoms with Gasteiger partial charge in [-0.3, -0.25) is 19.6 Å². The maximum atomic E-state index is 12.3. The van der Waals surface area contributed by atoms with Gasteiger partial charge in [0.15, 0.2) is 0 Å². The number of ether oxygens (including phenoxy) is 1. The van der Waals surface area contributed by atoms with Gasteiger partial charge in [-0.15, -0.1) is 0 Å². The molecule has 0 radical (unpaired) electrons. The minimum Gasteiger partial charge on any atom is -0.488 e. The zero-order chi connectivity index (χ0) is 17.4. The summed E-state index contributed by atoms with van der Waals surface area (Å²) in [6.07, 6.45) is 1.92. The Hall–Kier alpha value is -3.42. The minimum atomic E-state index is -0.639. The summed E-state index contributed by atoms with van der Waals surface area (Å²) < 4.78 is 5.77. The van der Waals surface area contributed by atoms with Crippen LogP contribution in [-0.2, 0) is 6.42 Å². The van der Waals surface area contributed by atoms with Crippen LogP contribution in [0, 0.1) is 0 Å². The molecule has 1 atom stereocenters. The molecule has 0 fully saturated rings. The lowest BCUT2D eigenvalue weighted by atomic mass is 10.1. The molecule has 0 aliphatic carbocycles. The highest BCUT2D eigenvalue weighted by Gasteiger charge is 2.23. The lowest BCUT2D eigenvalue weighted by Gasteiger charge is -2.12. The Kier molecular flexibility index (Phi) is 3.57. The van der Waals surface area contributed by atoms with Crippen molar-refractivity contribution in [3.8, 4) is 5.75 Å². The molecule has 4 rings (SSSR count). The average Bonchev–Trinajstić information content (AvgIpc) is 3.02. The van der Waals surface area contributed by atoms with Gasteiger partial charge >= 0.3 is 5.69 Å².